The Hall–Kier alpha value is -0.660. The molecule has 0 aromatic carbocycles. The van der Waals surface area contributed by atoms with Crippen LogP contribution in [0.1, 0.15) is 37.8 Å². The Bertz CT molecular complexity index is 551. The van der Waals surface area contributed by atoms with Crippen LogP contribution in [-0.4, -0.2) is 30.8 Å². The van der Waals surface area contributed by atoms with Crippen molar-refractivity contribution in [2.24, 2.45) is 0 Å². The van der Waals surface area contributed by atoms with Crippen LogP contribution in [0.3, 0.4) is 0 Å². The lowest BCUT2D eigenvalue weighted by Gasteiger charge is -2.23. The second kappa shape index (κ2) is 5.54. The van der Waals surface area contributed by atoms with E-state index in [0.29, 0.717) is 18.8 Å². The average Bonchev–Trinajstić information content (AvgIpc) is 2.57. The molecule has 1 aromatic heterocycles. The lowest BCUT2D eigenvalue weighted by atomic mass is 10.1. The number of aromatic nitrogens is 1. The van der Waals surface area contributed by atoms with Gasteiger partial charge in [-0.05, 0) is 19.8 Å². The molecular formula is C11H18N2O3S2. The zero-order valence-corrected chi connectivity index (χ0v) is 12.1. The summed E-state index contributed by atoms with van der Waals surface area (Å²) < 4.78 is 26.6. The number of H-pyrrole nitrogens is 1. The third-order valence-electron chi connectivity index (χ3n) is 3.17. The molecule has 1 aromatic rings. The summed E-state index contributed by atoms with van der Waals surface area (Å²) >= 11 is 0.786. The molecular weight excluding hydrogens is 272 g/mol. The topological polar surface area (TPSA) is 70.2 Å². The highest BCUT2D eigenvalue weighted by Gasteiger charge is 2.28. The molecule has 0 unspecified atom stereocenters. The maximum Gasteiger partial charge on any atom is 0.305 e. The molecule has 0 saturated carbocycles. The van der Waals surface area contributed by atoms with Gasteiger partial charge in [-0.3, -0.25) is 4.79 Å². The lowest BCUT2D eigenvalue weighted by molar-refractivity contribution is 0.364. The Balaban J connectivity index is 2.29. The summed E-state index contributed by atoms with van der Waals surface area (Å²) in [7, 11) is -3.49. The van der Waals surface area contributed by atoms with Gasteiger partial charge in [0.15, 0.2) is 4.21 Å². The van der Waals surface area contributed by atoms with Crippen LogP contribution in [0.25, 0.3) is 0 Å². The van der Waals surface area contributed by atoms with Gasteiger partial charge in [-0.2, -0.15) is 4.31 Å². The molecule has 18 heavy (non-hydrogen) atoms. The van der Waals surface area contributed by atoms with Gasteiger partial charge in [0.2, 0.25) is 0 Å². The van der Waals surface area contributed by atoms with E-state index in [1.54, 1.807) is 6.92 Å². The standard InChI is InChI=1S/C11H18N2O3S2/c1-9-10(17-11(14)12-9)18(15,16)13-7-5-3-2-4-6-8-13/h2-8H2,1H3,(H,12,14). The zero-order chi connectivity index (χ0) is 13.2. The number of hydrogen-bond donors (Lipinski definition) is 1. The Kier molecular flexibility index (Phi) is 4.24. The fourth-order valence-electron chi connectivity index (χ4n) is 2.21. The molecule has 1 aliphatic heterocycles. The van der Waals surface area contributed by atoms with Gasteiger partial charge >= 0.3 is 4.87 Å². The minimum absolute atomic E-state index is 0.174. The number of sulfonamides is 1. The smallest absolute Gasteiger partial charge is 0.305 e. The fourth-order valence-corrected chi connectivity index (χ4v) is 5.17. The van der Waals surface area contributed by atoms with Crippen molar-refractivity contribution in [2.75, 3.05) is 13.1 Å². The van der Waals surface area contributed by atoms with Crippen LogP contribution in [0.2, 0.25) is 0 Å². The Morgan fingerprint density at radius 1 is 1.11 bits per heavy atom. The first-order chi connectivity index (χ1) is 8.51. The van der Waals surface area contributed by atoms with Gasteiger partial charge in [0.05, 0.1) is 0 Å². The average molecular weight is 290 g/mol. The quantitative estimate of drug-likeness (QED) is 0.901. The molecule has 1 saturated heterocycles. The van der Waals surface area contributed by atoms with Gasteiger partial charge < -0.3 is 4.98 Å². The second-order valence-corrected chi connectivity index (χ2v) is 7.72. The van der Waals surface area contributed by atoms with Crippen LogP contribution in [0.5, 0.6) is 0 Å². The number of thiazole rings is 1. The van der Waals surface area contributed by atoms with Crippen LogP contribution in [0.15, 0.2) is 9.00 Å². The van der Waals surface area contributed by atoms with Crippen molar-refractivity contribution in [1.82, 2.24) is 9.29 Å². The summed E-state index contributed by atoms with van der Waals surface area (Å²) in [4.78, 5) is 13.5. The molecule has 5 nitrogen and oxygen atoms in total. The van der Waals surface area contributed by atoms with Crippen LogP contribution in [0, 0.1) is 6.92 Å². The number of nitrogens with one attached hydrogen (secondary N) is 1. The number of nitrogens with zero attached hydrogens (tertiary/aromatic N) is 1. The molecule has 0 radical (unpaired) electrons. The Morgan fingerprint density at radius 3 is 2.17 bits per heavy atom. The third kappa shape index (κ3) is 2.84. The van der Waals surface area contributed by atoms with Gasteiger partial charge in [-0.15, -0.1) is 0 Å². The fraction of sp³-hybridized carbons (Fsp3) is 0.727. The van der Waals surface area contributed by atoms with E-state index in [4.69, 9.17) is 0 Å². The molecule has 102 valence electrons. The van der Waals surface area contributed by atoms with Crippen molar-refractivity contribution < 1.29 is 8.42 Å². The van der Waals surface area contributed by atoms with Crippen LogP contribution in [-0.2, 0) is 10.0 Å². The first-order valence-electron chi connectivity index (χ1n) is 6.21. The minimum Gasteiger partial charge on any atom is -0.315 e. The van der Waals surface area contributed by atoms with E-state index < -0.39 is 10.0 Å². The Morgan fingerprint density at radius 2 is 1.67 bits per heavy atom. The van der Waals surface area contributed by atoms with Gasteiger partial charge in [0.1, 0.15) is 0 Å². The van der Waals surface area contributed by atoms with Crippen molar-refractivity contribution in [3.8, 4) is 0 Å². The summed E-state index contributed by atoms with van der Waals surface area (Å²) in [6.45, 7) is 2.76. The van der Waals surface area contributed by atoms with Crippen molar-refractivity contribution >= 4 is 21.4 Å². The largest absolute Gasteiger partial charge is 0.315 e. The van der Waals surface area contributed by atoms with E-state index >= 15 is 0 Å². The van der Waals surface area contributed by atoms with Crippen molar-refractivity contribution in [3.63, 3.8) is 0 Å². The van der Waals surface area contributed by atoms with Gasteiger partial charge in [0.25, 0.3) is 10.0 Å². The molecule has 2 rings (SSSR count). The molecule has 0 amide bonds. The van der Waals surface area contributed by atoms with E-state index in [2.05, 4.69) is 4.98 Å². The van der Waals surface area contributed by atoms with Gasteiger partial charge in [-0.25, -0.2) is 8.42 Å². The Labute approximate surface area is 111 Å². The van der Waals surface area contributed by atoms with Crippen LogP contribution >= 0.6 is 11.3 Å². The summed E-state index contributed by atoms with van der Waals surface area (Å²) in [5, 5.41) is 0. The number of hydrogen-bond acceptors (Lipinski definition) is 4. The maximum atomic E-state index is 12.5. The second-order valence-electron chi connectivity index (χ2n) is 4.60. The van der Waals surface area contributed by atoms with E-state index in [9.17, 15) is 13.2 Å². The van der Waals surface area contributed by atoms with Crippen LogP contribution in [0.4, 0.5) is 0 Å². The summed E-state index contributed by atoms with van der Waals surface area (Å²) in [5.74, 6) is 0. The maximum absolute atomic E-state index is 12.5. The van der Waals surface area contributed by atoms with E-state index in [-0.39, 0.29) is 9.08 Å². The van der Waals surface area contributed by atoms with Crippen molar-refractivity contribution in [2.45, 2.75) is 43.2 Å². The zero-order valence-electron chi connectivity index (χ0n) is 10.4. The molecule has 1 fully saturated rings. The number of aromatic amines is 1. The lowest BCUT2D eigenvalue weighted by Crippen LogP contribution is -2.33. The van der Waals surface area contributed by atoms with Gasteiger partial charge in [0, 0.05) is 18.8 Å². The predicted octanol–water partition coefficient (Wildman–Crippen LogP) is 1.70. The number of aryl methyl sites for hydroxylation is 1. The van der Waals surface area contributed by atoms with Crippen molar-refractivity contribution in [1.29, 1.82) is 0 Å². The van der Waals surface area contributed by atoms with Crippen molar-refractivity contribution in [3.05, 3.63) is 15.4 Å². The molecule has 7 heteroatoms. The molecule has 0 aliphatic carbocycles. The third-order valence-corrected chi connectivity index (χ3v) is 6.65. The SMILES string of the molecule is Cc1[nH]c(=O)sc1S(=O)(=O)N1CCCCCCC1. The summed E-state index contributed by atoms with van der Waals surface area (Å²) in [5.41, 5.74) is 0.451. The van der Waals surface area contributed by atoms with E-state index in [1.165, 1.54) is 10.7 Å². The predicted molar refractivity (Wildman–Crippen MR) is 71.5 cm³/mol. The monoisotopic (exact) mass is 290 g/mol. The van der Waals surface area contributed by atoms with Crippen LogP contribution < -0.4 is 4.87 Å². The molecule has 0 atom stereocenters. The number of rotatable bonds is 2. The van der Waals surface area contributed by atoms with E-state index in [1.807, 2.05) is 0 Å². The molecule has 2 heterocycles. The highest BCUT2D eigenvalue weighted by molar-refractivity contribution is 7.91. The molecule has 1 N–H and O–H groups in total. The highest BCUT2D eigenvalue weighted by atomic mass is 32.2. The molecule has 0 bridgehead atoms. The molecule has 1 aliphatic rings. The first-order valence-corrected chi connectivity index (χ1v) is 8.47. The summed E-state index contributed by atoms with van der Waals surface area (Å²) in [6, 6.07) is 0. The minimum atomic E-state index is -3.49. The molecule has 0 spiro atoms. The normalized spacial score (nSPS) is 19.4. The first kappa shape index (κ1) is 13.8. The summed E-state index contributed by atoms with van der Waals surface area (Å²) in [6.07, 6.45) is 5.14. The van der Waals surface area contributed by atoms with Gasteiger partial charge in [-0.1, -0.05) is 30.6 Å². The van der Waals surface area contributed by atoms with E-state index in [0.717, 1.165) is 37.0 Å². The highest BCUT2D eigenvalue weighted by Crippen LogP contribution is 2.23.